The number of fused-ring (bicyclic) bond motifs is 1. The molecular weight excluding hydrogens is 390 g/mol. The van der Waals surface area contributed by atoms with Crippen molar-refractivity contribution in [1.82, 2.24) is 15.1 Å². The number of benzene rings is 2. The molecule has 0 bridgehead atoms. The van der Waals surface area contributed by atoms with E-state index in [1.165, 1.54) is 10.5 Å². The minimum absolute atomic E-state index is 0.103. The zero-order chi connectivity index (χ0) is 22.0. The van der Waals surface area contributed by atoms with E-state index in [4.69, 9.17) is 4.42 Å². The maximum atomic E-state index is 12.4. The highest BCUT2D eigenvalue weighted by atomic mass is 16.4. The lowest BCUT2D eigenvalue weighted by molar-refractivity contribution is 0.0651. The van der Waals surface area contributed by atoms with Crippen LogP contribution in [0.2, 0.25) is 0 Å². The molecular formula is C25H27N3O3. The van der Waals surface area contributed by atoms with Gasteiger partial charge in [-0.05, 0) is 48.1 Å². The number of unbranched alkanes of at least 4 members (excludes halogenated alkanes) is 2. The van der Waals surface area contributed by atoms with Crippen molar-refractivity contribution in [3.63, 3.8) is 0 Å². The van der Waals surface area contributed by atoms with Gasteiger partial charge in [0, 0.05) is 18.5 Å². The van der Waals surface area contributed by atoms with E-state index in [2.05, 4.69) is 43.1 Å². The molecule has 0 N–H and O–H groups in total. The number of carbonyl (C=O) groups excluding carboxylic acids is 2. The molecule has 1 aromatic heterocycles. The van der Waals surface area contributed by atoms with Gasteiger partial charge in [0.1, 0.15) is 0 Å². The van der Waals surface area contributed by atoms with Crippen LogP contribution >= 0.6 is 0 Å². The van der Waals surface area contributed by atoms with Crippen molar-refractivity contribution in [3.8, 4) is 11.5 Å². The maximum Gasteiger partial charge on any atom is 0.261 e. The molecule has 31 heavy (non-hydrogen) atoms. The van der Waals surface area contributed by atoms with Crippen molar-refractivity contribution in [1.29, 1.82) is 0 Å². The van der Waals surface area contributed by atoms with Crippen molar-refractivity contribution in [2.24, 2.45) is 0 Å². The second kappa shape index (κ2) is 8.46. The predicted molar refractivity (Wildman–Crippen MR) is 118 cm³/mol. The average Bonchev–Trinajstić information content (AvgIpc) is 3.32. The summed E-state index contributed by atoms with van der Waals surface area (Å²) >= 11 is 0. The van der Waals surface area contributed by atoms with E-state index in [0.717, 1.165) is 24.8 Å². The molecule has 2 aromatic carbocycles. The Morgan fingerprint density at radius 2 is 1.48 bits per heavy atom. The zero-order valence-electron chi connectivity index (χ0n) is 18.2. The van der Waals surface area contributed by atoms with Crippen molar-refractivity contribution >= 4 is 11.8 Å². The second-order valence-electron chi connectivity index (χ2n) is 8.95. The lowest BCUT2D eigenvalue weighted by Gasteiger charge is -2.18. The first-order valence-corrected chi connectivity index (χ1v) is 10.7. The Kier molecular flexibility index (Phi) is 5.72. The first-order chi connectivity index (χ1) is 14.8. The molecule has 6 nitrogen and oxygen atoms in total. The molecule has 6 heteroatoms. The largest absolute Gasteiger partial charge is 0.421 e. The average molecular weight is 418 g/mol. The summed E-state index contributed by atoms with van der Waals surface area (Å²) in [5.74, 6) is 0.747. The van der Waals surface area contributed by atoms with Gasteiger partial charge in [-0.1, -0.05) is 51.5 Å². The molecule has 2 amide bonds. The Labute approximate surface area is 182 Å². The molecule has 2 heterocycles. The molecule has 0 spiro atoms. The monoisotopic (exact) mass is 417 g/mol. The molecule has 0 unspecified atom stereocenters. The van der Waals surface area contributed by atoms with Crippen LogP contribution in [0.25, 0.3) is 11.5 Å². The Hall–Kier alpha value is -3.28. The Balaban J connectivity index is 1.25. The van der Waals surface area contributed by atoms with E-state index in [0.29, 0.717) is 35.9 Å². The minimum atomic E-state index is -0.195. The molecule has 0 saturated heterocycles. The smallest absolute Gasteiger partial charge is 0.261 e. The van der Waals surface area contributed by atoms with Crippen molar-refractivity contribution in [2.75, 3.05) is 6.54 Å². The van der Waals surface area contributed by atoms with E-state index in [9.17, 15) is 9.59 Å². The lowest BCUT2D eigenvalue weighted by atomic mass is 9.87. The fourth-order valence-electron chi connectivity index (χ4n) is 3.75. The van der Waals surface area contributed by atoms with Gasteiger partial charge in [0.2, 0.25) is 11.8 Å². The number of nitrogens with zero attached hydrogens (tertiary/aromatic N) is 3. The van der Waals surface area contributed by atoms with Gasteiger partial charge in [0.15, 0.2) is 0 Å². The topological polar surface area (TPSA) is 76.3 Å². The molecule has 0 aliphatic carbocycles. The second-order valence-corrected chi connectivity index (χ2v) is 8.95. The quantitative estimate of drug-likeness (QED) is 0.397. The van der Waals surface area contributed by atoms with Crippen LogP contribution in [0.5, 0.6) is 0 Å². The lowest BCUT2D eigenvalue weighted by Crippen LogP contribution is -2.30. The van der Waals surface area contributed by atoms with Crippen LogP contribution in [0.1, 0.15) is 72.2 Å². The van der Waals surface area contributed by atoms with Gasteiger partial charge in [-0.25, -0.2) is 0 Å². The third kappa shape index (κ3) is 4.43. The van der Waals surface area contributed by atoms with Crippen LogP contribution in [0.3, 0.4) is 0 Å². The summed E-state index contributed by atoms with van der Waals surface area (Å²) in [5, 5.41) is 8.32. The summed E-state index contributed by atoms with van der Waals surface area (Å²) in [6.45, 7) is 6.98. The number of imide groups is 1. The molecule has 0 fully saturated rings. The van der Waals surface area contributed by atoms with E-state index in [-0.39, 0.29) is 17.2 Å². The summed E-state index contributed by atoms with van der Waals surface area (Å²) in [4.78, 5) is 26.1. The summed E-state index contributed by atoms with van der Waals surface area (Å²) in [6, 6.07) is 15.2. The zero-order valence-corrected chi connectivity index (χ0v) is 18.2. The van der Waals surface area contributed by atoms with Crippen molar-refractivity contribution < 1.29 is 14.0 Å². The van der Waals surface area contributed by atoms with Gasteiger partial charge < -0.3 is 4.42 Å². The normalized spacial score (nSPS) is 13.7. The van der Waals surface area contributed by atoms with Crippen LogP contribution < -0.4 is 0 Å². The third-order valence-corrected chi connectivity index (χ3v) is 5.62. The minimum Gasteiger partial charge on any atom is -0.421 e. The Morgan fingerprint density at radius 1 is 0.839 bits per heavy atom. The van der Waals surface area contributed by atoms with E-state index in [1.807, 2.05) is 12.1 Å². The summed E-state index contributed by atoms with van der Waals surface area (Å²) in [5.41, 5.74) is 3.28. The standard InChI is InChI=1S/C25H27N3O3/c1-25(2,3)18-14-12-17(13-15-18)22-27-26-21(31-22)11-5-4-8-16-28-23(29)19-9-6-7-10-20(19)24(28)30/h6-7,9-10,12-15H,4-5,8,11,16H2,1-3H3. The number of amides is 2. The van der Waals surface area contributed by atoms with E-state index < -0.39 is 0 Å². The van der Waals surface area contributed by atoms with Gasteiger partial charge in [-0.15, -0.1) is 10.2 Å². The number of rotatable bonds is 7. The molecule has 3 aromatic rings. The van der Waals surface area contributed by atoms with Crippen LogP contribution in [-0.2, 0) is 11.8 Å². The number of hydrogen-bond donors (Lipinski definition) is 0. The van der Waals surface area contributed by atoms with Gasteiger partial charge >= 0.3 is 0 Å². The predicted octanol–water partition coefficient (Wildman–Crippen LogP) is 5.04. The van der Waals surface area contributed by atoms with E-state index in [1.54, 1.807) is 24.3 Å². The van der Waals surface area contributed by atoms with E-state index >= 15 is 0 Å². The maximum absolute atomic E-state index is 12.4. The highest BCUT2D eigenvalue weighted by Gasteiger charge is 2.34. The first kappa shape index (κ1) is 21.0. The van der Waals surface area contributed by atoms with Crippen LogP contribution in [0.15, 0.2) is 52.9 Å². The van der Waals surface area contributed by atoms with Crippen LogP contribution in [0, 0.1) is 0 Å². The third-order valence-electron chi connectivity index (χ3n) is 5.62. The Morgan fingerprint density at radius 3 is 2.10 bits per heavy atom. The molecule has 0 atom stereocenters. The number of aromatic nitrogens is 2. The van der Waals surface area contributed by atoms with Crippen molar-refractivity contribution in [3.05, 3.63) is 71.1 Å². The molecule has 1 aliphatic rings. The van der Waals surface area contributed by atoms with Gasteiger partial charge in [0.25, 0.3) is 11.8 Å². The van der Waals surface area contributed by atoms with Crippen LogP contribution in [-0.4, -0.2) is 33.5 Å². The fourth-order valence-corrected chi connectivity index (χ4v) is 3.75. The summed E-state index contributed by atoms with van der Waals surface area (Å²) in [6.07, 6.45) is 3.15. The highest BCUT2D eigenvalue weighted by Crippen LogP contribution is 2.26. The molecule has 160 valence electrons. The summed E-state index contributed by atoms with van der Waals surface area (Å²) < 4.78 is 5.81. The van der Waals surface area contributed by atoms with Gasteiger partial charge in [-0.3, -0.25) is 14.5 Å². The summed E-state index contributed by atoms with van der Waals surface area (Å²) in [7, 11) is 0. The number of carbonyl (C=O) groups is 2. The Bertz CT molecular complexity index is 1060. The van der Waals surface area contributed by atoms with Gasteiger partial charge in [-0.2, -0.15) is 0 Å². The number of hydrogen-bond acceptors (Lipinski definition) is 5. The van der Waals surface area contributed by atoms with Gasteiger partial charge in [0.05, 0.1) is 11.1 Å². The fraction of sp³-hybridized carbons (Fsp3) is 0.360. The van der Waals surface area contributed by atoms with Crippen molar-refractivity contribution in [2.45, 2.75) is 51.9 Å². The van der Waals surface area contributed by atoms with Crippen LogP contribution in [0.4, 0.5) is 0 Å². The highest BCUT2D eigenvalue weighted by molar-refractivity contribution is 6.21. The molecule has 1 aliphatic heterocycles. The molecule has 0 saturated carbocycles. The SMILES string of the molecule is CC(C)(C)c1ccc(-c2nnc(CCCCCN3C(=O)c4ccccc4C3=O)o2)cc1. The molecule has 4 rings (SSSR count). The molecule has 0 radical (unpaired) electrons. The number of aryl methyl sites for hydroxylation is 1. The first-order valence-electron chi connectivity index (χ1n) is 10.7.